The second kappa shape index (κ2) is 6.79. The Kier molecular flexibility index (Phi) is 4.41. The van der Waals surface area contributed by atoms with E-state index in [-0.39, 0.29) is 41.5 Å². The van der Waals surface area contributed by atoms with Crippen LogP contribution in [0.25, 0.3) is 0 Å². The van der Waals surface area contributed by atoms with Crippen molar-refractivity contribution in [3.63, 3.8) is 0 Å². The molecule has 4 fully saturated rings. The topological polar surface area (TPSA) is 82.1 Å². The van der Waals surface area contributed by atoms with Crippen LogP contribution < -0.4 is 5.32 Å². The standard InChI is InChI=1S/C19H26N4O3S/c24-15(9-11-1-2-11)21-13-5-7-22(17(13)12-3-4-12)16(25)10-14-18(26)23-8-6-20-19(23)27-14/h11-14,17H,1-10H2,(H,21,24)/t13-,14?,17+/m1/s1. The summed E-state index contributed by atoms with van der Waals surface area (Å²) in [5.41, 5.74) is 0. The molecule has 5 rings (SSSR count). The Labute approximate surface area is 163 Å². The third kappa shape index (κ3) is 3.48. The second-order valence-corrected chi connectivity index (χ2v) is 9.66. The first-order chi connectivity index (χ1) is 13.1. The summed E-state index contributed by atoms with van der Waals surface area (Å²) in [4.78, 5) is 45.8. The number of thioether (sulfide) groups is 1. The maximum atomic E-state index is 13.0. The highest BCUT2D eigenvalue weighted by Crippen LogP contribution is 2.41. The summed E-state index contributed by atoms with van der Waals surface area (Å²) in [6.45, 7) is 2.01. The molecule has 0 aromatic heterocycles. The van der Waals surface area contributed by atoms with Gasteiger partial charge in [-0.1, -0.05) is 11.8 Å². The molecule has 2 saturated heterocycles. The van der Waals surface area contributed by atoms with Crippen LogP contribution in [0, 0.1) is 11.8 Å². The Morgan fingerprint density at radius 2 is 1.93 bits per heavy atom. The van der Waals surface area contributed by atoms with Gasteiger partial charge in [0.1, 0.15) is 5.25 Å². The molecule has 3 atom stereocenters. The van der Waals surface area contributed by atoms with Crippen LogP contribution in [0.15, 0.2) is 4.99 Å². The number of nitrogens with one attached hydrogen (secondary N) is 1. The molecular formula is C19H26N4O3S. The molecule has 0 aromatic rings. The number of likely N-dealkylation sites (tertiary alicyclic amines) is 1. The molecule has 0 spiro atoms. The average Bonchev–Trinajstić information content (AvgIpc) is 3.53. The highest BCUT2D eigenvalue weighted by atomic mass is 32.2. The van der Waals surface area contributed by atoms with Crippen molar-refractivity contribution in [1.82, 2.24) is 15.1 Å². The molecule has 0 radical (unpaired) electrons. The van der Waals surface area contributed by atoms with Crippen LogP contribution in [0.1, 0.15) is 44.9 Å². The van der Waals surface area contributed by atoms with Gasteiger partial charge in [0.05, 0.1) is 18.6 Å². The van der Waals surface area contributed by atoms with E-state index in [4.69, 9.17) is 0 Å². The zero-order valence-corrected chi connectivity index (χ0v) is 16.2. The third-order valence-electron chi connectivity index (χ3n) is 6.35. The van der Waals surface area contributed by atoms with Gasteiger partial charge in [-0.05, 0) is 43.9 Å². The molecule has 7 nitrogen and oxygen atoms in total. The largest absolute Gasteiger partial charge is 0.351 e. The molecule has 2 saturated carbocycles. The summed E-state index contributed by atoms with van der Waals surface area (Å²) in [6, 6.07) is 0.187. The van der Waals surface area contributed by atoms with Crippen LogP contribution in [0.2, 0.25) is 0 Å². The Hall–Kier alpha value is -1.57. The molecular weight excluding hydrogens is 364 g/mol. The first-order valence-corrected chi connectivity index (χ1v) is 11.1. The second-order valence-electron chi connectivity index (χ2n) is 8.49. The first kappa shape index (κ1) is 17.5. The van der Waals surface area contributed by atoms with Crippen molar-refractivity contribution in [1.29, 1.82) is 0 Å². The number of hydrogen-bond acceptors (Lipinski definition) is 5. The molecule has 3 aliphatic heterocycles. The number of nitrogens with zero attached hydrogens (tertiary/aromatic N) is 3. The Morgan fingerprint density at radius 1 is 1.11 bits per heavy atom. The molecule has 3 heterocycles. The van der Waals surface area contributed by atoms with E-state index in [1.807, 2.05) is 4.90 Å². The third-order valence-corrected chi connectivity index (χ3v) is 7.56. The van der Waals surface area contributed by atoms with Gasteiger partial charge in [-0.15, -0.1) is 0 Å². The highest BCUT2D eigenvalue weighted by molar-refractivity contribution is 8.15. The van der Waals surface area contributed by atoms with Crippen LogP contribution in [0.5, 0.6) is 0 Å². The minimum atomic E-state index is -0.333. The first-order valence-electron chi connectivity index (χ1n) is 10.2. The van der Waals surface area contributed by atoms with E-state index in [1.165, 1.54) is 24.6 Å². The molecule has 2 aliphatic carbocycles. The van der Waals surface area contributed by atoms with E-state index in [1.54, 1.807) is 4.90 Å². The van der Waals surface area contributed by atoms with Gasteiger partial charge in [0.25, 0.3) is 0 Å². The van der Waals surface area contributed by atoms with Crippen LogP contribution in [-0.4, -0.2) is 69.7 Å². The van der Waals surface area contributed by atoms with Crippen LogP contribution in [0.4, 0.5) is 0 Å². The zero-order valence-electron chi connectivity index (χ0n) is 15.4. The summed E-state index contributed by atoms with van der Waals surface area (Å²) < 4.78 is 0. The van der Waals surface area contributed by atoms with Crippen molar-refractivity contribution in [3.8, 4) is 0 Å². The number of fused-ring (bicyclic) bond motifs is 1. The normalized spacial score (nSPS) is 32.7. The molecule has 1 unspecified atom stereocenters. The monoisotopic (exact) mass is 390 g/mol. The Bertz CT molecular complexity index is 703. The maximum absolute atomic E-state index is 13.0. The number of hydrogen-bond donors (Lipinski definition) is 1. The molecule has 5 aliphatic rings. The van der Waals surface area contributed by atoms with Crippen molar-refractivity contribution in [2.75, 3.05) is 19.6 Å². The summed E-state index contributed by atoms with van der Waals surface area (Å²) in [6.07, 6.45) is 6.30. The van der Waals surface area contributed by atoms with Gasteiger partial charge in [-0.2, -0.15) is 0 Å². The van der Waals surface area contributed by atoms with Gasteiger partial charge in [0.15, 0.2) is 5.17 Å². The fourth-order valence-corrected chi connectivity index (χ4v) is 5.81. The summed E-state index contributed by atoms with van der Waals surface area (Å²) in [7, 11) is 0. The smallest absolute Gasteiger partial charge is 0.242 e. The fourth-order valence-electron chi connectivity index (χ4n) is 4.62. The number of aliphatic imine (C=N–C) groups is 1. The van der Waals surface area contributed by atoms with Gasteiger partial charge in [0, 0.05) is 25.9 Å². The lowest BCUT2D eigenvalue weighted by Gasteiger charge is -2.29. The average molecular weight is 391 g/mol. The van der Waals surface area contributed by atoms with E-state index < -0.39 is 0 Å². The Balaban J connectivity index is 1.22. The number of carbonyl (C=O) groups is 3. The van der Waals surface area contributed by atoms with Crippen LogP contribution in [-0.2, 0) is 14.4 Å². The number of amides is 3. The van der Waals surface area contributed by atoms with E-state index in [0.29, 0.717) is 37.9 Å². The van der Waals surface area contributed by atoms with Crippen molar-refractivity contribution in [2.45, 2.75) is 62.3 Å². The lowest BCUT2D eigenvalue weighted by Crippen LogP contribution is -2.48. The number of carbonyl (C=O) groups excluding carboxylic acids is 3. The molecule has 3 amide bonds. The van der Waals surface area contributed by atoms with Crippen LogP contribution >= 0.6 is 11.8 Å². The predicted molar refractivity (Wildman–Crippen MR) is 102 cm³/mol. The maximum Gasteiger partial charge on any atom is 0.242 e. The lowest BCUT2D eigenvalue weighted by atomic mass is 10.0. The zero-order chi connectivity index (χ0) is 18.5. The summed E-state index contributed by atoms with van der Waals surface area (Å²) in [5.74, 6) is 1.30. The van der Waals surface area contributed by atoms with E-state index in [2.05, 4.69) is 10.3 Å². The van der Waals surface area contributed by atoms with Gasteiger partial charge in [-0.3, -0.25) is 24.3 Å². The van der Waals surface area contributed by atoms with E-state index >= 15 is 0 Å². The number of rotatable bonds is 6. The van der Waals surface area contributed by atoms with Crippen LogP contribution in [0.3, 0.4) is 0 Å². The fraction of sp³-hybridized carbons (Fsp3) is 0.789. The molecule has 27 heavy (non-hydrogen) atoms. The molecule has 1 N–H and O–H groups in total. The van der Waals surface area contributed by atoms with Gasteiger partial charge < -0.3 is 10.2 Å². The van der Waals surface area contributed by atoms with Crippen molar-refractivity contribution in [3.05, 3.63) is 0 Å². The van der Waals surface area contributed by atoms with E-state index in [9.17, 15) is 14.4 Å². The van der Waals surface area contributed by atoms with Crippen molar-refractivity contribution in [2.24, 2.45) is 16.8 Å². The summed E-state index contributed by atoms with van der Waals surface area (Å²) in [5, 5.41) is 3.66. The number of amidine groups is 1. The summed E-state index contributed by atoms with van der Waals surface area (Å²) >= 11 is 1.44. The quantitative estimate of drug-likeness (QED) is 0.733. The van der Waals surface area contributed by atoms with Gasteiger partial charge >= 0.3 is 0 Å². The molecule has 8 heteroatoms. The van der Waals surface area contributed by atoms with Gasteiger partial charge in [-0.25, -0.2) is 0 Å². The molecule has 146 valence electrons. The minimum Gasteiger partial charge on any atom is -0.351 e. The molecule has 0 aromatic carbocycles. The SMILES string of the molecule is O=C(CC1CC1)N[C@@H]1CCN(C(=O)CC2SC3=NCCN3C2=O)[C@H]1C1CC1. The molecule has 0 bridgehead atoms. The van der Waals surface area contributed by atoms with E-state index in [0.717, 1.165) is 24.4 Å². The highest BCUT2D eigenvalue weighted by Gasteiger charge is 2.48. The Morgan fingerprint density at radius 3 is 2.63 bits per heavy atom. The van der Waals surface area contributed by atoms with Crippen molar-refractivity contribution >= 4 is 34.7 Å². The minimum absolute atomic E-state index is 0.0288. The van der Waals surface area contributed by atoms with Gasteiger partial charge in [0.2, 0.25) is 17.7 Å². The van der Waals surface area contributed by atoms with Crippen molar-refractivity contribution < 1.29 is 14.4 Å². The lowest BCUT2D eigenvalue weighted by molar-refractivity contribution is -0.135. The predicted octanol–water partition coefficient (Wildman–Crippen LogP) is 0.986.